The number of rotatable bonds is 3. The molecule has 4 saturated carbocycles. The Balaban J connectivity index is 1.33. The summed E-state index contributed by atoms with van der Waals surface area (Å²) in [6.45, 7) is 2.00. The maximum absolute atomic E-state index is 12.7. The zero-order chi connectivity index (χ0) is 17.2. The highest BCUT2D eigenvalue weighted by atomic mass is 32.1. The number of aliphatic hydroxyl groups is 1. The average Bonchev–Trinajstić information content (AvgIpc) is 2.83. The summed E-state index contributed by atoms with van der Waals surface area (Å²) in [4.78, 5) is 17.2. The zero-order valence-electron chi connectivity index (χ0n) is 14.5. The maximum Gasteiger partial charge on any atom is 0.224 e. The highest BCUT2D eigenvalue weighted by molar-refractivity contribution is 7.18. The highest BCUT2D eigenvalue weighted by Crippen LogP contribution is 2.62. The third-order valence-corrected chi connectivity index (χ3v) is 7.40. The number of carbonyl (C=O) groups is 1. The smallest absolute Gasteiger partial charge is 0.224 e. The summed E-state index contributed by atoms with van der Waals surface area (Å²) in [5.41, 5.74) is 1.37. The molecule has 132 valence electrons. The lowest BCUT2D eigenvalue weighted by atomic mass is 9.47. The summed E-state index contributed by atoms with van der Waals surface area (Å²) in [6.07, 6.45) is 6.75. The minimum absolute atomic E-state index is 0.0219. The van der Waals surface area contributed by atoms with E-state index in [1.807, 2.05) is 25.1 Å². The molecule has 0 radical (unpaired) electrons. The van der Waals surface area contributed by atoms with Crippen LogP contribution < -0.4 is 5.32 Å². The Morgan fingerprint density at radius 1 is 1.32 bits per heavy atom. The maximum atomic E-state index is 12.7. The molecule has 2 N–H and O–H groups in total. The van der Waals surface area contributed by atoms with E-state index in [0.29, 0.717) is 18.3 Å². The van der Waals surface area contributed by atoms with Gasteiger partial charge in [-0.25, -0.2) is 4.98 Å². The molecule has 2 aromatic rings. The van der Waals surface area contributed by atoms with Gasteiger partial charge in [-0.05, 0) is 80.9 Å². The number of nitrogens with one attached hydrogen (secondary N) is 1. The first-order valence-electron chi connectivity index (χ1n) is 9.30. The van der Waals surface area contributed by atoms with Crippen LogP contribution in [0.2, 0.25) is 0 Å². The summed E-state index contributed by atoms with van der Waals surface area (Å²) >= 11 is 1.65. The second-order valence-corrected chi connectivity index (χ2v) is 10.1. The molecule has 0 spiro atoms. The van der Waals surface area contributed by atoms with Crippen LogP contribution in [-0.4, -0.2) is 21.6 Å². The number of aromatic nitrogens is 1. The second kappa shape index (κ2) is 5.27. The molecular weight excluding hydrogens is 332 g/mol. The van der Waals surface area contributed by atoms with Gasteiger partial charge in [-0.15, -0.1) is 11.3 Å². The number of thiazole rings is 1. The molecule has 2 atom stereocenters. The Morgan fingerprint density at radius 2 is 2.08 bits per heavy atom. The van der Waals surface area contributed by atoms with Crippen LogP contribution >= 0.6 is 11.3 Å². The molecule has 5 heteroatoms. The SMILES string of the molecule is Cc1nc2ccc(NC(=O)CC34C[C@H]5C[C@@H](CC(O)(C5)C3)C4)cc2s1. The minimum Gasteiger partial charge on any atom is -0.390 e. The molecule has 4 aliphatic carbocycles. The second-order valence-electron chi connectivity index (χ2n) is 8.83. The predicted octanol–water partition coefficient (Wildman–Crippen LogP) is 4.26. The van der Waals surface area contributed by atoms with Gasteiger partial charge >= 0.3 is 0 Å². The number of hydrogen-bond donors (Lipinski definition) is 2. The van der Waals surface area contributed by atoms with E-state index in [1.54, 1.807) is 11.3 Å². The van der Waals surface area contributed by atoms with Crippen LogP contribution in [0.15, 0.2) is 18.2 Å². The summed E-state index contributed by atoms with van der Waals surface area (Å²) in [7, 11) is 0. The molecular formula is C20H24N2O2S. The molecule has 25 heavy (non-hydrogen) atoms. The van der Waals surface area contributed by atoms with E-state index in [4.69, 9.17) is 0 Å². The van der Waals surface area contributed by atoms with E-state index >= 15 is 0 Å². The van der Waals surface area contributed by atoms with E-state index in [0.717, 1.165) is 53.0 Å². The topological polar surface area (TPSA) is 62.2 Å². The number of aryl methyl sites for hydroxylation is 1. The molecule has 4 aliphatic rings. The highest BCUT2D eigenvalue weighted by Gasteiger charge is 2.57. The fourth-order valence-corrected chi connectivity index (χ4v) is 7.14. The summed E-state index contributed by atoms with van der Waals surface area (Å²) in [6, 6.07) is 5.93. The standard InChI is InChI=1S/C20H24N2O2S/c1-12-21-16-3-2-15(5-17(16)25-12)22-18(23)10-19-6-13-4-14(7-19)9-20(24,8-13)11-19/h2-3,5,13-14,24H,4,6-11H2,1H3,(H,22,23)/t13-,14-,19?,20?/m1/s1. The van der Waals surface area contributed by atoms with Gasteiger partial charge in [0, 0.05) is 12.1 Å². The monoisotopic (exact) mass is 356 g/mol. The van der Waals surface area contributed by atoms with Crippen molar-refractivity contribution in [3.8, 4) is 0 Å². The third-order valence-electron chi connectivity index (χ3n) is 6.47. The lowest BCUT2D eigenvalue weighted by molar-refractivity contribution is -0.167. The first kappa shape index (κ1) is 15.8. The fraction of sp³-hybridized carbons (Fsp3) is 0.600. The zero-order valence-corrected chi connectivity index (χ0v) is 15.4. The van der Waals surface area contributed by atoms with Crippen molar-refractivity contribution >= 4 is 33.1 Å². The van der Waals surface area contributed by atoms with Crippen molar-refractivity contribution in [3.63, 3.8) is 0 Å². The van der Waals surface area contributed by atoms with E-state index in [-0.39, 0.29) is 11.3 Å². The van der Waals surface area contributed by atoms with Gasteiger partial charge in [0.05, 0.1) is 20.8 Å². The largest absolute Gasteiger partial charge is 0.390 e. The van der Waals surface area contributed by atoms with Gasteiger partial charge in [0.2, 0.25) is 5.91 Å². The van der Waals surface area contributed by atoms with E-state index in [2.05, 4.69) is 10.3 Å². The van der Waals surface area contributed by atoms with Gasteiger partial charge in [-0.3, -0.25) is 4.79 Å². The van der Waals surface area contributed by atoms with Crippen molar-refractivity contribution in [2.24, 2.45) is 17.3 Å². The summed E-state index contributed by atoms with van der Waals surface area (Å²) < 4.78 is 1.11. The van der Waals surface area contributed by atoms with E-state index in [1.165, 1.54) is 6.42 Å². The molecule has 4 bridgehead atoms. The van der Waals surface area contributed by atoms with Gasteiger partial charge in [0.1, 0.15) is 0 Å². The first-order valence-corrected chi connectivity index (χ1v) is 10.1. The molecule has 1 heterocycles. The summed E-state index contributed by atoms with van der Waals surface area (Å²) in [5, 5.41) is 15.0. The number of carbonyl (C=O) groups excluding carboxylic acids is 1. The van der Waals surface area contributed by atoms with Crippen molar-refractivity contribution in [1.29, 1.82) is 0 Å². The minimum atomic E-state index is -0.497. The first-order chi connectivity index (χ1) is 11.9. The van der Waals surface area contributed by atoms with Crippen LogP contribution in [0.1, 0.15) is 50.0 Å². The normalized spacial score (nSPS) is 36.1. The van der Waals surface area contributed by atoms with Gasteiger partial charge < -0.3 is 10.4 Å². The Labute approximate surface area is 151 Å². The number of amides is 1. The van der Waals surface area contributed by atoms with Crippen molar-refractivity contribution in [2.75, 3.05) is 5.32 Å². The third kappa shape index (κ3) is 2.77. The molecule has 4 nitrogen and oxygen atoms in total. The van der Waals surface area contributed by atoms with Crippen molar-refractivity contribution < 1.29 is 9.90 Å². The molecule has 0 unspecified atom stereocenters. The molecule has 4 fully saturated rings. The van der Waals surface area contributed by atoms with Gasteiger partial charge in [-0.2, -0.15) is 0 Å². The predicted molar refractivity (Wildman–Crippen MR) is 99.7 cm³/mol. The Bertz CT molecular complexity index is 844. The number of nitrogens with zero attached hydrogens (tertiary/aromatic N) is 1. The van der Waals surface area contributed by atoms with Crippen LogP contribution in [0, 0.1) is 24.2 Å². The molecule has 1 aromatic heterocycles. The Kier molecular flexibility index (Phi) is 3.32. The lowest BCUT2D eigenvalue weighted by Gasteiger charge is -2.60. The van der Waals surface area contributed by atoms with Gasteiger partial charge in [-0.1, -0.05) is 0 Å². The lowest BCUT2D eigenvalue weighted by Crippen LogP contribution is -2.56. The molecule has 6 rings (SSSR count). The van der Waals surface area contributed by atoms with Crippen LogP contribution in [0.25, 0.3) is 10.2 Å². The van der Waals surface area contributed by atoms with Gasteiger partial charge in [0.15, 0.2) is 0 Å². The Hall–Kier alpha value is -1.46. The number of anilines is 1. The fourth-order valence-electron chi connectivity index (χ4n) is 6.27. The van der Waals surface area contributed by atoms with Crippen LogP contribution in [0.5, 0.6) is 0 Å². The van der Waals surface area contributed by atoms with Crippen LogP contribution in [-0.2, 0) is 4.79 Å². The van der Waals surface area contributed by atoms with Crippen molar-refractivity contribution in [1.82, 2.24) is 4.98 Å². The average molecular weight is 356 g/mol. The van der Waals surface area contributed by atoms with E-state index in [9.17, 15) is 9.90 Å². The number of benzene rings is 1. The Morgan fingerprint density at radius 3 is 2.80 bits per heavy atom. The van der Waals surface area contributed by atoms with Crippen molar-refractivity contribution in [2.45, 2.75) is 57.5 Å². The van der Waals surface area contributed by atoms with Crippen LogP contribution in [0.4, 0.5) is 5.69 Å². The molecule has 1 amide bonds. The van der Waals surface area contributed by atoms with E-state index < -0.39 is 5.60 Å². The molecule has 0 saturated heterocycles. The number of fused-ring (bicyclic) bond motifs is 1. The van der Waals surface area contributed by atoms with Crippen molar-refractivity contribution in [3.05, 3.63) is 23.2 Å². The van der Waals surface area contributed by atoms with Gasteiger partial charge in [0.25, 0.3) is 0 Å². The molecule has 1 aromatic carbocycles. The quantitative estimate of drug-likeness (QED) is 0.863. The van der Waals surface area contributed by atoms with Crippen LogP contribution in [0.3, 0.4) is 0 Å². The summed E-state index contributed by atoms with van der Waals surface area (Å²) in [5.74, 6) is 1.33. The molecule has 0 aliphatic heterocycles. The number of hydrogen-bond acceptors (Lipinski definition) is 4.